The molecule has 6 heteroatoms. The minimum Gasteiger partial charge on any atom is -0.293 e. The predicted octanol–water partition coefficient (Wildman–Crippen LogP) is 7.02. The average Bonchev–Trinajstić information content (AvgIpc) is 3.26. The molecular formula is C27H20ClN3OS. The van der Waals surface area contributed by atoms with Gasteiger partial charge in [-0.1, -0.05) is 89.6 Å². The summed E-state index contributed by atoms with van der Waals surface area (Å²) in [5.41, 5.74) is 3.65. The van der Waals surface area contributed by atoms with Crippen LogP contribution in [0.2, 0.25) is 5.02 Å². The molecule has 0 radical (unpaired) electrons. The van der Waals surface area contributed by atoms with Crippen molar-refractivity contribution in [2.45, 2.75) is 12.1 Å². The van der Waals surface area contributed by atoms with Gasteiger partial charge in [0.1, 0.15) is 0 Å². The minimum absolute atomic E-state index is 0.0496. The van der Waals surface area contributed by atoms with Gasteiger partial charge in [-0.15, -0.1) is 10.2 Å². The highest BCUT2D eigenvalue weighted by Crippen LogP contribution is 2.30. The van der Waals surface area contributed by atoms with Crippen molar-refractivity contribution >= 4 is 39.9 Å². The van der Waals surface area contributed by atoms with Crippen LogP contribution in [-0.2, 0) is 0 Å². The maximum atomic E-state index is 13.0. The molecule has 0 bridgehead atoms. The van der Waals surface area contributed by atoms with E-state index >= 15 is 0 Å². The second kappa shape index (κ2) is 9.22. The van der Waals surface area contributed by atoms with E-state index in [1.165, 1.54) is 11.8 Å². The van der Waals surface area contributed by atoms with Crippen LogP contribution in [0.5, 0.6) is 0 Å². The van der Waals surface area contributed by atoms with Gasteiger partial charge in [-0.25, -0.2) is 0 Å². The normalized spacial score (nSPS) is 11.1. The summed E-state index contributed by atoms with van der Waals surface area (Å²) in [4.78, 5) is 13.0. The summed E-state index contributed by atoms with van der Waals surface area (Å²) in [6.45, 7) is 2.05. The molecule has 0 aliphatic carbocycles. The highest BCUT2D eigenvalue weighted by Gasteiger charge is 2.18. The molecule has 4 nitrogen and oxygen atoms in total. The van der Waals surface area contributed by atoms with Crippen LogP contribution in [0.15, 0.2) is 96.2 Å². The Morgan fingerprint density at radius 1 is 0.879 bits per heavy atom. The monoisotopic (exact) mass is 469 g/mol. The predicted molar refractivity (Wildman–Crippen MR) is 136 cm³/mol. The zero-order valence-corrected chi connectivity index (χ0v) is 19.5. The number of fused-ring (bicyclic) bond motifs is 1. The maximum absolute atomic E-state index is 13.0. The van der Waals surface area contributed by atoms with Crippen LogP contribution in [0, 0.1) is 6.92 Å². The fourth-order valence-electron chi connectivity index (χ4n) is 3.68. The van der Waals surface area contributed by atoms with Gasteiger partial charge in [-0.3, -0.25) is 9.36 Å². The van der Waals surface area contributed by atoms with E-state index in [4.69, 9.17) is 11.6 Å². The maximum Gasteiger partial charge on any atom is 0.196 e. The van der Waals surface area contributed by atoms with Gasteiger partial charge in [-0.05, 0) is 48.0 Å². The quantitative estimate of drug-likeness (QED) is 0.198. The Bertz CT molecular complexity index is 1460. The van der Waals surface area contributed by atoms with Crippen LogP contribution < -0.4 is 0 Å². The number of thioether (sulfide) groups is 1. The van der Waals surface area contributed by atoms with E-state index in [9.17, 15) is 4.79 Å². The largest absolute Gasteiger partial charge is 0.293 e. The summed E-state index contributed by atoms with van der Waals surface area (Å²) < 4.78 is 1.98. The molecule has 5 rings (SSSR count). The lowest BCUT2D eigenvalue weighted by Crippen LogP contribution is -2.05. The molecule has 0 spiro atoms. The third-order valence-corrected chi connectivity index (χ3v) is 6.58. The van der Waals surface area contributed by atoms with E-state index in [2.05, 4.69) is 10.2 Å². The van der Waals surface area contributed by atoms with Gasteiger partial charge in [0, 0.05) is 21.8 Å². The van der Waals surface area contributed by atoms with Crippen molar-refractivity contribution in [3.05, 3.63) is 107 Å². The topological polar surface area (TPSA) is 47.8 Å². The molecule has 1 heterocycles. The van der Waals surface area contributed by atoms with Gasteiger partial charge in [0.25, 0.3) is 0 Å². The number of rotatable bonds is 6. The van der Waals surface area contributed by atoms with Crippen LogP contribution >= 0.6 is 23.4 Å². The fraction of sp³-hybridized carbons (Fsp3) is 0.0741. The zero-order valence-electron chi connectivity index (χ0n) is 17.9. The van der Waals surface area contributed by atoms with E-state index in [-0.39, 0.29) is 11.5 Å². The fourth-order valence-corrected chi connectivity index (χ4v) is 4.72. The molecule has 0 saturated heterocycles. The summed E-state index contributed by atoms with van der Waals surface area (Å²) in [7, 11) is 0. The number of Topliss-reactive ketones (excluding diaryl/α,β-unsaturated/α-hetero) is 1. The molecule has 0 atom stereocenters. The van der Waals surface area contributed by atoms with Crippen molar-refractivity contribution in [1.29, 1.82) is 0 Å². The molecule has 0 fully saturated rings. The van der Waals surface area contributed by atoms with Crippen LogP contribution in [0.4, 0.5) is 0 Å². The van der Waals surface area contributed by atoms with Crippen molar-refractivity contribution in [2.24, 2.45) is 0 Å². The summed E-state index contributed by atoms with van der Waals surface area (Å²) in [6.07, 6.45) is 0. The van der Waals surface area contributed by atoms with E-state index < -0.39 is 0 Å². The van der Waals surface area contributed by atoms with Crippen LogP contribution in [0.25, 0.3) is 27.8 Å². The van der Waals surface area contributed by atoms with E-state index in [0.29, 0.717) is 21.6 Å². The Hall–Kier alpha value is -3.41. The highest BCUT2D eigenvalue weighted by atomic mass is 35.5. The van der Waals surface area contributed by atoms with Crippen molar-refractivity contribution < 1.29 is 4.79 Å². The van der Waals surface area contributed by atoms with Gasteiger partial charge in [-0.2, -0.15) is 0 Å². The first-order valence-corrected chi connectivity index (χ1v) is 11.9. The molecule has 33 heavy (non-hydrogen) atoms. The number of benzene rings is 4. The smallest absolute Gasteiger partial charge is 0.196 e. The number of carbonyl (C=O) groups is 1. The highest BCUT2D eigenvalue weighted by molar-refractivity contribution is 7.99. The zero-order chi connectivity index (χ0) is 22.8. The number of hydrogen-bond acceptors (Lipinski definition) is 4. The molecule has 162 valence electrons. The average molecular weight is 470 g/mol. The van der Waals surface area contributed by atoms with E-state index in [1.807, 2.05) is 102 Å². The summed E-state index contributed by atoms with van der Waals surface area (Å²) in [5.74, 6) is 0.994. The van der Waals surface area contributed by atoms with Gasteiger partial charge < -0.3 is 0 Å². The Morgan fingerprint density at radius 2 is 1.67 bits per heavy atom. The van der Waals surface area contributed by atoms with Crippen molar-refractivity contribution in [3.8, 4) is 17.1 Å². The molecule has 5 aromatic rings. The Balaban J connectivity index is 1.47. The van der Waals surface area contributed by atoms with Crippen molar-refractivity contribution in [2.75, 3.05) is 5.75 Å². The Labute approximate surface area is 201 Å². The molecular weight excluding hydrogens is 450 g/mol. The Kier molecular flexibility index (Phi) is 5.99. The Morgan fingerprint density at radius 3 is 2.45 bits per heavy atom. The molecule has 0 aliphatic rings. The number of halogens is 1. The standard InChI is InChI=1S/C27H20ClN3OS/c1-18-9-13-24(14-10-18)31-26(22-7-4-8-23(28)16-22)29-30-27(31)33-17-25(32)21-12-11-19-5-2-3-6-20(19)15-21/h2-16H,17H2,1H3. The molecule has 0 saturated carbocycles. The first-order chi connectivity index (χ1) is 16.1. The van der Waals surface area contributed by atoms with Crippen LogP contribution in [0.1, 0.15) is 15.9 Å². The first kappa shape index (κ1) is 21.4. The third kappa shape index (κ3) is 4.56. The summed E-state index contributed by atoms with van der Waals surface area (Å²) in [5, 5.41) is 12.3. The lowest BCUT2D eigenvalue weighted by molar-refractivity contribution is 0.102. The third-order valence-electron chi connectivity index (χ3n) is 5.41. The SMILES string of the molecule is Cc1ccc(-n2c(SCC(=O)c3ccc4ccccc4c3)nnc2-c2cccc(Cl)c2)cc1. The number of carbonyl (C=O) groups excluding carboxylic acids is 1. The van der Waals surface area contributed by atoms with Crippen molar-refractivity contribution in [3.63, 3.8) is 0 Å². The van der Waals surface area contributed by atoms with Gasteiger partial charge in [0.05, 0.1) is 5.75 Å². The van der Waals surface area contributed by atoms with Crippen molar-refractivity contribution in [1.82, 2.24) is 14.8 Å². The minimum atomic E-state index is 0.0496. The molecule has 0 unspecified atom stereocenters. The second-order valence-electron chi connectivity index (χ2n) is 7.76. The number of aromatic nitrogens is 3. The molecule has 0 amide bonds. The molecule has 0 N–H and O–H groups in total. The van der Waals surface area contributed by atoms with Gasteiger partial charge in [0.15, 0.2) is 16.8 Å². The molecule has 1 aromatic heterocycles. The lowest BCUT2D eigenvalue weighted by atomic mass is 10.1. The molecule has 4 aromatic carbocycles. The summed E-state index contributed by atoms with van der Waals surface area (Å²) >= 11 is 7.61. The molecule has 0 aliphatic heterocycles. The van der Waals surface area contributed by atoms with Gasteiger partial charge in [0.2, 0.25) is 0 Å². The lowest BCUT2D eigenvalue weighted by Gasteiger charge is -2.11. The first-order valence-electron chi connectivity index (χ1n) is 10.5. The number of hydrogen-bond donors (Lipinski definition) is 0. The second-order valence-corrected chi connectivity index (χ2v) is 9.14. The van der Waals surface area contributed by atoms with E-state index in [0.717, 1.165) is 27.6 Å². The number of nitrogens with zero attached hydrogens (tertiary/aromatic N) is 3. The number of ketones is 1. The van der Waals surface area contributed by atoms with Crippen LogP contribution in [-0.4, -0.2) is 26.3 Å². The number of aryl methyl sites for hydroxylation is 1. The van der Waals surface area contributed by atoms with E-state index in [1.54, 1.807) is 0 Å². The van der Waals surface area contributed by atoms with Gasteiger partial charge >= 0.3 is 0 Å². The summed E-state index contributed by atoms with van der Waals surface area (Å²) in [6, 6.07) is 29.5. The van der Waals surface area contributed by atoms with Crippen LogP contribution in [0.3, 0.4) is 0 Å².